The van der Waals surface area contributed by atoms with Gasteiger partial charge in [0.05, 0.1) is 5.69 Å². The lowest BCUT2D eigenvalue weighted by atomic mass is 9.40. The van der Waals surface area contributed by atoms with Crippen LogP contribution >= 0.6 is 0 Å². The van der Waals surface area contributed by atoms with Crippen molar-refractivity contribution >= 4 is 102 Å². The summed E-state index contributed by atoms with van der Waals surface area (Å²) in [6.07, 6.45) is 0.773. The largest absolute Gasteiger partial charge is 0.508 e. The topological polar surface area (TPSA) is 56.2 Å². The molecule has 0 saturated carbocycles. The Bertz CT molecular complexity index is 4920. The molecule has 0 spiro atoms. The van der Waals surface area contributed by atoms with Crippen molar-refractivity contribution in [3.05, 3.63) is 301 Å². The fraction of sp³-hybridized carbons (Fsp3) is 0.0864. The molecule has 3 heterocycles. The molecule has 1 aliphatic carbocycles. The summed E-state index contributed by atoms with van der Waals surface area (Å²) in [7, 11) is 0. The quantitative estimate of drug-likeness (QED) is 0.123. The molecule has 1 atom stereocenters. The second kappa shape index (κ2) is 21.0. The van der Waals surface area contributed by atoms with Crippen molar-refractivity contribution < 1.29 is 13.9 Å². The van der Waals surface area contributed by atoms with E-state index in [1.165, 1.54) is 49.5 Å². The summed E-state index contributed by atoms with van der Waals surface area (Å²) in [4.78, 5) is 7.40. The van der Waals surface area contributed by atoms with Crippen molar-refractivity contribution in [3.8, 4) is 39.5 Å². The molecule has 2 aromatic heterocycles. The third-order valence-electron chi connectivity index (χ3n) is 18.6. The zero-order valence-corrected chi connectivity index (χ0v) is 49.5. The predicted molar refractivity (Wildman–Crippen MR) is 367 cm³/mol. The van der Waals surface area contributed by atoms with Crippen LogP contribution < -0.4 is 25.6 Å². The van der Waals surface area contributed by atoms with Gasteiger partial charge in [0.25, 0.3) is 0 Å². The molecule has 7 heteroatoms. The first-order valence-corrected chi connectivity index (χ1v) is 30.6. The van der Waals surface area contributed by atoms with Gasteiger partial charge in [0.15, 0.2) is 0 Å². The highest BCUT2D eigenvalue weighted by Crippen LogP contribution is 2.54. The van der Waals surface area contributed by atoms with Crippen LogP contribution in [-0.2, 0) is 11.8 Å². The summed E-state index contributed by atoms with van der Waals surface area (Å²) in [6, 6.07) is 100. The van der Waals surface area contributed by atoms with E-state index >= 15 is 0 Å². The van der Waals surface area contributed by atoms with E-state index in [2.05, 4.69) is 273 Å². The van der Waals surface area contributed by atoms with Gasteiger partial charge in [-0.25, -0.2) is 0 Å². The smallest absolute Gasteiger partial charge is 0.214 e. The minimum Gasteiger partial charge on any atom is -0.508 e. The van der Waals surface area contributed by atoms with Crippen molar-refractivity contribution in [2.24, 2.45) is 0 Å². The van der Waals surface area contributed by atoms with E-state index in [1.54, 1.807) is 6.07 Å². The van der Waals surface area contributed by atoms with E-state index < -0.39 is 0 Å². The zero-order chi connectivity index (χ0) is 59.2. The van der Waals surface area contributed by atoms with Crippen molar-refractivity contribution in [2.45, 2.75) is 45.3 Å². The number of phenolic OH excluding ortho intramolecular Hbond substituents is 1. The van der Waals surface area contributed by atoms with Crippen LogP contribution in [0.15, 0.2) is 288 Å². The van der Waals surface area contributed by atoms with Gasteiger partial charge in [0.1, 0.15) is 28.4 Å². The molecule has 16 rings (SSSR count). The fourth-order valence-corrected chi connectivity index (χ4v) is 14.2. The highest BCUT2D eigenvalue weighted by atomic mass is 16.3. The summed E-state index contributed by atoms with van der Waals surface area (Å²) >= 11 is 0. The Hall–Kier alpha value is -10.8. The lowest BCUT2D eigenvalue weighted by molar-refractivity contribution is 0.462. The summed E-state index contributed by atoms with van der Waals surface area (Å²) < 4.78 is 12.9. The second-order valence-electron chi connectivity index (χ2n) is 24.3. The monoisotopic (exact) mass is 1140 g/mol. The maximum Gasteiger partial charge on any atom is 0.214 e. The molecule has 422 valence electrons. The van der Waals surface area contributed by atoms with Gasteiger partial charge in [-0.1, -0.05) is 179 Å². The number of fused-ring (bicyclic) bond motifs is 9. The molecule has 0 bridgehead atoms. The maximum atomic E-state index is 10.9. The summed E-state index contributed by atoms with van der Waals surface area (Å²) in [5.41, 5.74) is 22.6. The van der Waals surface area contributed by atoms with Gasteiger partial charge in [0.2, 0.25) is 6.71 Å². The Morgan fingerprint density at radius 3 is 1.76 bits per heavy atom. The third kappa shape index (κ3) is 8.87. The summed E-state index contributed by atoms with van der Waals surface area (Å²) in [5.74, 6) is 2.10. The average molecular weight is 1140 g/mol. The van der Waals surface area contributed by atoms with Crippen LogP contribution in [0.5, 0.6) is 5.75 Å². The van der Waals surface area contributed by atoms with Gasteiger partial charge in [-0.15, -0.1) is 0 Å². The number of hydrogen-bond acceptors (Lipinski definition) is 6. The lowest BCUT2D eigenvalue weighted by Gasteiger charge is -2.40. The highest BCUT2D eigenvalue weighted by molar-refractivity contribution is 6.88. The lowest BCUT2D eigenvalue weighted by Crippen LogP contribution is -2.49. The number of nitrogens with zero attached hydrogens (tertiary/aromatic N) is 3. The minimum atomic E-state index is -0.289. The number of aromatic hydroxyl groups is 1. The van der Waals surface area contributed by atoms with Crippen molar-refractivity contribution in [2.75, 3.05) is 14.7 Å². The number of para-hydroxylation sites is 5. The molecule has 1 aliphatic heterocycles. The van der Waals surface area contributed by atoms with E-state index in [0.717, 1.165) is 108 Å². The van der Waals surface area contributed by atoms with Crippen LogP contribution in [-0.4, -0.2) is 11.8 Å². The second-order valence-corrected chi connectivity index (χ2v) is 24.3. The Morgan fingerprint density at radius 2 is 1.06 bits per heavy atom. The van der Waals surface area contributed by atoms with Gasteiger partial charge in [-0.2, -0.15) is 0 Å². The van der Waals surface area contributed by atoms with Crippen molar-refractivity contribution in [3.63, 3.8) is 0 Å². The minimum absolute atomic E-state index is 0.0307. The molecule has 6 nitrogen and oxygen atoms in total. The van der Waals surface area contributed by atoms with Crippen molar-refractivity contribution in [1.29, 1.82) is 0 Å². The van der Waals surface area contributed by atoms with Crippen LogP contribution in [0.1, 0.15) is 48.9 Å². The standard InChI is InChI=1S/C81H62BN3O3/c1-52(65-23-12-15-27-74(65)86)46-53-30-37-61(38-31-53)84(59-21-6-5-7-22-59)72-50-64(51-73-80(72)82(4)70-25-13-14-26-71(70)85(73)62-41-34-56(35-42-62)78-48-58-20-10-17-29-76(58)88-78)83(60-39-32-55(33-40-60)77-47-57-19-9-16-28-75(57)87-77)63-43-44-67-69(49-63)81(2,3)68-45-36-54-18-8-11-24-66(54)79(67)68/h5-45,47-52,86H,46H2,1-4H3/t52-/m0/s1. The van der Waals surface area contributed by atoms with Crippen LogP contribution in [0.2, 0.25) is 6.82 Å². The van der Waals surface area contributed by atoms with Gasteiger partial charge >= 0.3 is 0 Å². The predicted octanol–water partition coefficient (Wildman–Crippen LogP) is 21.0. The molecular weight excluding hydrogens is 1070 g/mol. The Balaban J connectivity index is 0.929. The van der Waals surface area contributed by atoms with E-state index in [-0.39, 0.29) is 18.0 Å². The molecule has 0 radical (unpaired) electrons. The molecule has 0 amide bonds. The average Bonchev–Trinajstić information content (AvgIpc) is 1.37. The zero-order valence-electron chi connectivity index (χ0n) is 49.5. The first kappa shape index (κ1) is 52.8. The Kier molecular flexibility index (Phi) is 12.6. The van der Waals surface area contributed by atoms with Crippen LogP contribution in [0.25, 0.3) is 66.5 Å². The van der Waals surface area contributed by atoms with Gasteiger partial charge < -0.3 is 28.6 Å². The molecule has 0 fully saturated rings. The van der Waals surface area contributed by atoms with Crippen LogP contribution in [0, 0.1) is 0 Å². The Morgan fingerprint density at radius 1 is 0.477 bits per heavy atom. The number of furan rings is 2. The number of benzene rings is 12. The SMILES string of the molecule is CB1c2ccccc2N(c2ccc(-c3cc4ccccc4o3)cc2)c2cc(N(c3ccc(-c4cc5ccccc5o4)cc3)c3ccc4c(c3)C(C)(C)c3ccc5ccccc5c3-4)cc(N(c3ccccc3)c3ccc(C[C@H](C)c4ccccc4O)cc3)c21. The summed E-state index contributed by atoms with van der Waals surface area (Å²) in [5, 5.41) is 15.6. The number of phenols is 1. The normalized spacial score (nSPS) is 13.3. The fourth-order valence-electron chi connectivity index (χ4n) is 14.2. The number of anilines is 9. The van der Waals surface area contributed by atoms with E-state index in [1.807, 2.05) is 42.5 Å². The van der Waals surface area contributed by atoms with E-state index in [0.29, 0.717) is 5.75 Å². The molecule has 14 aromatic rings. The number of rotatable bonds is 12. The molecule has 1 N–H and O–H groups in total. The summed E-state index contributed by atoms with van der Waals surface area (Å²) in [6.45, 7) is 9.29. The third-order valence-corrected chi connectivity index (χ3v) is 18.6. The Labute approximate surface area is 513 Å². The first-order chi connectivity index (χ1) is 43.1. The van der Waals surface area contributed by atoms with E-state index in [4.69, 9.17) is 8.83 Å². The highest BCUT2D eigenvalue weighted by Gasteiger charge is 2.39. The maximum absolute atomic E-state index is 10.9. The molecule has 2 aliphatic rings. The molecule has 0 unspecified atom stereocenters. The van der Waals surface area contributed by atoms with Gasteiger partial charge in [-0.3, -0.25) is 0 Å². The first-order valence-electron chi connectivity index (χ1n) is 30.6. The van der Waals surface area contributed by atoms with Crippen LogP contribution in [0.3, 0.4) is 0 Å². The molecule has 0 saturated heterocycles. The number of hydrogen-bond donors (Lipinski definition) is 1. The molecular formula is C81H62BN3O3. The molecule has 12 aromatic carbocycles. The van der Waals surface area contributed by atoms with E-state index in [9.17, 15) is 5.11 Å². The van der Waals surface area contributed by atoms with Gasteiger partial charge in [-0.05, 0) is 195 Å². The van der Waals surface area contributed by atoms with Gasteiger partial charge in [0, 0.05) is 72.8 Å². The van der Waals surface area contributed by atoms with Crippen molar-refractivity contribution in [1.82, 2.24) is 0 Å². The molecule has 88 heavy (non-hydrogen) atoms. The van der Waals surface area contributed by atoms with Crippen LogP contribution in [0.4, 0.5) is 51.2 Å².